The fourth-order valence-electron chi connectivity index (χ4n) is 2.03. The molecule has 0 radical (unpaired) electrons. The van der Waals surface area contributed by atoms with Gasteiger partial charge in [-0.2, -0.15) is 0 Å². The number of ether oxygens (including phenoxy) is 1. The van der Waals surface area contributed by atoms with Crippen molar-refractivity contribution in [3.63, 3.8) is 0 Å². The third-order valence-electron chi connectivity index (χ3n) is 2.78. The largest absolute Gasteiger partial charge is 0.491 e. The van der Waals surface area contributed by atoms with E-state index in [0.717, 1.165) is 17.5 Å². The van der Waals surface area contributed by atoms with E-state index in [1.165, 1.54) is 6.07 Å². The number of halogens is 2. The van der Waals surface area contributed by atoms with Crippen molar-refractivity contribution < 1.29 is 9.13 Å². The minimum atomic E-state index is -0.403. The lowest BCUT2D eigenvalue weighted by molar-refractivity contribution is 0.322. The van der Waals surface area contributed by atoms with Crippen LogP contribution in [0.5, 0.6) is 5.75 Å². The maximum Gasteiger partial charge on any atom is 0.167 e. The van der Waals surface area contributed by atoms with Crippen LogP contribution < -0.4 is 4.74 Å². The third kappa shape index (κ3) is 3.16. The van der Waals surface area contributed by atoms with Crippen LogP contribution in [-0.2, 0) is 6.42 Å². The van der Waals surface area contributed by atoms with Crippen LogP contribution in [-0.4, -0.2) is 11.6 Å². The molecular weight excluding hydrogens is 265 g/mol. The van der Waals surface area contributed by atoms with E-state index in [1.54, 1.807) is 6.07 Å². The number of pyridine rings is 1. The maximum atomic E-state index is 13.8. The average molecular weight is 282 g/mol. The molecular formula is C15H17ClFNO. The molecule has 1 aromatic heterocycles. The monoisotopic (exact) mass is 281 g/mol. The van der Waals surface area contributed by atoms with Crippen molar-refractivity contribution in [1.82, 2.24) is 4.98 Å². The molecule has 2 nitrogen and oxygen atoms in total. The molecule has 19 heavy (non-hydrogen) atoms. The smallest absolute Gasteiger partial charge is 0.167 e. The number of benzene rings is 1. The lowest BCUT2D eigenvalue weighted by Crippen LogP contribution is -1.99. The Morgan fingerprint density at radius 3 is 2.68 bits per heavy atom. The molecule has 2 aromatic rings. The first-order valence-corrected chi connectivity index (χ1v) is 6.80. The van der Waals surface area contributed by atoms with Crippen LogP contribution >= 0.6 is 11.6 Å². The molecule has 0 aliphatic carbocycles. The number of aromatic nitrogens is 1. The lowest BCUT2D eigenvalue weighted by Gasteiger charge is -2.10. The second-order valence-corrected chi connectivity index (χ2v) is 5.33. The summed E-state index contributed by atoms with van der Waals surface area (Å²) in [5, 5.41) is 1.31. The van der Waals surface area contributed by atoms with Gasteiger partial charge >= 0.3 is 0 Å². The second-order valence-electron chi connectivity index (χ2n) is 4.93. The Morgan fingerprint density at radius 1 is 1.32 bits per heavy atom. The molecule has 0 amide bonds. The van der Waals surface area contributed by atoms with Crippen LogP contribution in [0.15, 0.2) is 18.2 Å². The molecule has 1 aromatic carbocycles. The van der Waals surface area contributed by atoms with Crippen LogP contribution in [0.25, 0.3) is 10.9 Å². The molecule has 0 atom stereocenters. The van der Waals surface area contributed by atoms with Gasteiger partial charge in [0.1, 0.15) is 0 Å². The number of hydrogen-bond donors (Lipinski definition) is 0. The van der Waals surface area contributed by atoms with Gasteiger partial charge in [-0.1, -0.05) is 25.4 Å². The van der Waals surface area contributed by atoms with Crippen LogP contribution in [0, 0.1) is 11.7 Å². The van der Waals surface area contributed by atoms with E-state index in [2.05, 4.69) is 18.8 Å². The van der Waals surface area contributed by atoms with Crippen LogP contribution in [0.4, 0.5) is 4.39 Å². The summed E-state index contributed by atoms with van der Waals surface area (Å²) >= 11 is 6.25. The zero-order valence-electron chi connectivity index (χ0n) is 11.3. The molecule has 0 unspecified atom stereocenters. The van der Waals surface area contributed by atoms with Gasteiger partial charge in [0.15, 0.2) is 11.6 Å². The van der Waals surface area contributed by atoms with E-state index in [-0.39, 0.29) is 5.75 Å². The van der Waals surface area contributed by atoms with Crippen molar-refractivity contribution in [2.75, 3.05) is 6.61 Å². The summed E-state index contributed by atoms with van der Waals surface area (Å²) in [6.45, 7) is 6.45. The molecule has 0 saturated carbocycles. The minimum Gasteiger partial charge on any atom is -0.491 e. The van der Waals surface area contributed by atoms with E-state index in [9.17, 15) is 4.39 Å². The highest BCUT2D eigenvalue weighted by Gasteiger charge is 2.11. The summed E-state index contributed by atoms with van der Waals surface area (Å²) < 4.78 is 19.1. The zero-order chi connectivity index (χ0) is 14.0. The van der Waals surface area contributed by atoms with Crippen LogP contribution in [0.3, 0.4) is 0 Å². The standard InChI is InChI=1S/C15H17ClFNO/c1-4-19-15-7-11-12(16)6-10(5-9(2)3)18-14(11)8-13(15)17/h6-9H,4-5H2,1-3H3. The van der Waals surface area contributed by atoms with Crippen molar-refractivity contribution in [3.8, 4) is 5.75 Å². The first-order chi connectivity index (χ1) is 9.01. The minimum absolute atomic E-state index is 0.218. The van der Waals surface area contributed by atoms with Gasteiger partial charge in [-0.15, -0.1) is 0 Å². The molecule has 0 N–H and O–H groups in total. The molecule has 0 spiro atoms. The van der Waals surface area contributed by atoms with Crippen LogP contribution in [0.1, 0.15) is 26.5 Å². The fourth-order valence-corrected chi connectivity index (χ4v) is 2.30. The highest BCUT2D eigenvalue weighted by molar-refractivity contribution is 6.35. The number of fused-ring (bicyclic) bond motifs is 1. The Hall–Kier alpha value is -1.35. The van der Waals surface area contributed by atoms with Gasteiger partial charge in [0.05, 0.1) is 17.1 Å². The fraction of sp³-hybridized carbons (Fsp3) is 0.400. The summed E-state index contributed by atoms with van der Waals surface area (Å²) in [6, 6.07) is 4.84. The quantitative estimate of drug-likeness (QED) is 0.815. The van der Waals surface area contributed by atoms with Gasteiger partial charge < -0.3 is 4.74 Å². The Kier molecular flexibility index (Phi) is 4.25. The first kappa shape index (κ1) is 14.1. The molecule has 2 rings (SSSR count). The summed E-state index contributed by atoms with van der Waals surface area (Å²) in [5.41, 5.74) is 1.46. The Labute approximate surface area is 117 Å². The first-order valence-electron chi connectivity index (χ1n) is 6.42. The molecule has 0 bridgehead atoms. The average Bonchev–Trinajstić information content (AvgIpc) is 2.30. The predicted molar refractivity (Wildman–Crippen MR) is 76.4 cm³/mol. The van der Waals surface area contributed by atoms with Gasteiger partial charge in [-0.05, 0) is 31.4 Å². The zero-order valence-corrected chi connectivity index (χ0v) is 12.1. The highest BCUT2D eigenvalue weighted by atomic mass is 35.5. The van der Waals surface area contributed by atoms with Gasteiger partial charge in [0.2, 0.25) is 0 Å². The van der Waals surface area contributed by atoms with Gasteiger partial charge in [-0.25, -0.2) is 4.39 Å². The Morgan fingerprint density at radius 2 is 2.05 bits per heavy atom. The normalized spacial score (nSPS) is 11.3. The van der Waals surface area contributed by atoms with Gasteiger partial charge in [0, 0.05) is 17.1 Å². The van der Waals surface area contributed by atoms with E-state index < -0.39 is 5.82 Å². The van der Waals surface area contributed by atoms with Crippen molar-refractivity contribution in [1.29, 1.82) is 0 Å². The molecule has 102 valence electrons. The van der Waals surface area contributed by atoms with Crippen molar-refractivity contribution in [3.05, 3.63) is 34.7 Å². The molecule has 0 saturated heterocycles. The SMILES string of the molecule is CCOc1cc2c(Cl)cc(CC(C)C)nc2cc1F. The lowest BCUT2D eigenvalue weighted by atomic mass is 10.1. The second kappa shape index (κ2) is 5.74. The van der Waals surface area contributed by atoms with E-state index in [4.69, 9.17) is 16.3 Å². The third-order valence-corrected chi connectivity index (χ3v) is 3.09. The number of nitrogens with zero attached hydrogens (tertiary/aromatic N) is 1. The van der Waals surface area contributed by atoms with Crippen molar-refractivity contribution in [2.24, 2.45) is 5.92 Å². The van der Waals surface area contributed by atoms with E-state index >= 15 is 0 Å². The van der Waals surface area contributed by atoms with Crippen LogP contribution in [0.2, 0.25) is 5.02 Å². The van der Waals surface area contributed by atoms with E-state index in [1.807, 2.05) is 13.0 Å². The summed E-state index contributed by atoms with van der Waals surface area (Å²) in [6.07, 6.45) is 0.824. The Bertz CT molecular complexity index is 598. The highest BCUT2D eigenvalue weighted by Crippen LogP contribution is 2.30. The Balaban J connectivity index is 2.53. The summed E-state index contributed by atoms with van der Waals surface area (Å²) in [5.74, 6) is 0.295. The molecule has 0 aliphatic rings. The van der Waals surface area contributed by atoms with Crippen molar-refractivity contribution >= 4 is 22.5 Å². The molecule has 1 heterocycles. The summed E-state index contributed by atoms with van der Waals surface area (Å²) in [4.78, 5) is 4.46. The van der Waals surface area contributed by atoms with Gasteiger partial charge in [-0.3, -0.25) is 4.98 Å². The number of rotatable bonds is 4. The topological polar surface area (TPSA) is 22.1 Å². The molecule has 0 fully saturated rings. The van der Waals surface area contributed by atoms with Gasteiger partial charge in [0.25, 0.3) is 0 Å². The van der Waals surface area contributed by atoms with Crippen molar-refractivity contribution in [2.45, 2.75) is 27.2 Å². The van der Waals surface area contributed by atoms with E-state index in [0.29, 0.717) is 23.1 Å². The molecule has 4 heteroatoms. The summed E-state index contributed by atoms with van der Waals surface area (Å²) in [7, 11) is 0. The predicted octanol–water partition coefficient (Wildman–Crippen LogP) is 4.62. The number of hydrogen-bond acceptors (Lipinski definition) is 2. The molecule has 0 aliphatic heterocycles. The maximum absolute atomic E-state index is 13.8.